The van der Waals surface area contributed by atoms with Crippen LogP contribution in [0.2, 0.25) is 5.02 Å². The highest BCUT2D eigenvalue weighted by Crippen LogP contribution is 2.33. The molecule has 1 aromatic heterocycles. The summed E-state index contributed by atoms with van der Waals surface area (Å²) in [5.41, 5.74) is 1.48. The van der Waals surface area contributed by atoms with E-state index in [9.17, 15) is 13.2 Å². The molecule has 0 radical (unpaired) electrons. The molecule has 1 aromatic carbocycles. The molecule has 2 aromatic rings. The maximum Gasteiger partial charge on any atom is 0.416 e. The molecule has 2 rings (SSSR count). The highest BCUT2D eigenvalue weighted by Gasteiger charge is 2.30. The van der Waals surface area contributed by atoms with Crippen LogP contribution in [0.3, 0.4) is 0 Å². The smallest absolute Gasteiger partial charge is 0.256 e. The summed E-state index contributed by atoms with van der Waals surface area (Å²) in [6.07, 6.45) is -2.86. The van der Waals surface area contributed by atoms with Crippen LogP contribution in [-0.4, -0.2) is 4.98 Å². The standard InChI is InChI=1S/C15H11ClF3N/c1-9(2)12-8-20-14(7-13(12)16)10-4-3-5-11(6-10)15(17,18)19/h3-8H,1H2,2H3. The average Bonchev–Trinajstić information content (AvgIpc) is 2.37. The number of hydrogen-bond donors (Lipinski definition) is 0. The Kier molecular flexibility index (Phi) is 3.86. The first-order valence-corrected chi connectivity index (χ1v) is 6.16. The molecule has 0 aliphatic heterocycles. The number of halogens is 4. The van der Waals surface area contributed by atoms with Gasteiger partial charge in [0, 0.05) is 17.3 Å². The van der Waals surface area contributed by atoms with Crippen LogP contribution in [0.25, 0.3) is 16.8 Å². The molecule has 0 fully saturated rings. The predicted molar refractivity (Wildman–Crippen MR) is 74.4 cm³/mol. The van der Waals surface area contributed by atoms with Crippen molar-refractivity contribution in [3.8, 4) is 11.3 Å². The van der Waals surface area contributed by atoms with Gasteiger partial charge < -0.3 is 0 Å². The van der Waals surface area contributed by atoms with Crippen molar-refractivity contribution in [1.82, 2.24) is 4.98 Å². The van der Waals surface area contributed by atoms with Gasteiger partial charge in [-0.3, -0.25) is 4.98 Å². The highest BCUT2D eigenvalue weighted by molar-refractivity contribution is 6.32. The number of aromatic nitrogens is 1. The lowest BCUT2D eigenvalue weighted by Crippen LogP contribution is -2.04. The summed E-state index contributed by atoms with van der Waals surface area (Å²) in [4.78, 5) is 4.14. The zero-order valence-electron chi connectivity index (χ0n) is 10.6. The third-order valence-corrected chi connectivity index (χ3v) is 3.11. The van der Waals surface area contributed by atoms with Crippen LogP contribution in [0.5, 0.6) is 0 Å². The molecule has 0 aliphatic carbocycles. The first-order valence-electron chi connectivity index (χ1n) is 5.78. The lowest BCUT2D eigenvalue weighted by molar-refractivity contribution is -0.137. The molecule has 1 nitrogen and oxygen atoms in total. The normalized spacial score (nSPS) is 11.4. The van der Waals surface area contributed by atoms with Crippen LogP contribution in [0, 0.1) is 0 Å². The third-order valence-electron chi connectivity index (χ3n) is 2.80. The molecule has 0 aliphatic rings. The summed E-state index contributed by atoms with van der Waals surface area (Å²) >= 11 is 6.08. The van der Waals surface area contributed by atoms with Crippen LogP contribution < -0.4 is 0 Å². The van der Waals surface area contributed by atoms with E-state index < -0.39 is 11.7 Å². The van der Waals surface area contributed by atoms with Crippen molar-refractivity contribution in [3.63, 3.8) is 0 Å². The van der Waals surface area contributed by atoms with Crippen LogP contribution in [0.4, 0.5) is 13.2 Å². The summed E-state index contributed by atoms with van der Waals surface area (Å²) in [7, 11) is 0. The maximum atomic E-state index is 12.7. The Morgan fingerprint density at radius 3 is 2.50 bits per heavy atom. The number of hydrogen-bond acceptors (Lipinski definition) is 1. The Hall–Kier alpha value is -1.81. The van der Waals surface area contributed by atoms with E-state index in [2.05, 4.69) is 11.6 Å². The van der Waals surface area contributed by atoms with Crippen molar-refractivity contribution in [2.45, 2.75) is 13.1 Å². The third kappa shape index (κ3) is 3.02. The molecular weight excluding hydrogens is 287 g/mol. The van der Waals surface area contributed by atoms with Gasteiger partial charge in [-0.1, -0.05) is 30.3 Å². The molecule has 0 spiro atoms. The molecule has 0 amide bonds. The van der Waals surface area contributed by atoms with Gasteiger partial charge >= 0.3 is 6.18 Å². The Morgan fingerprint density at radius 1 is 1.25 bits per heavy atom. The first kappa shape index (κ1) is 14.6. The van der Waals surface area contributed by atoms with Crippen LogP contribution in [0.1, 0.15) is 18.1 Å². The lowest BCUT2D eigenvalue weighted by Gasteiger charge is -2.09. The van der Waals surface area contributed by atoms with Gasteiger partial charge in [0.2, 0.25) is 0 Å². The van der Waals surface area contributed by atoms with Gasteiger partial charge in [-0.2, -0.15) is 13.2 Å². The number of pyridine rings is 1. The summed E-state index contributed by atoms with van der Waals surface area (Å²) < 4.78 is 38.0. The number of benzene rings is 1. The Balaban J connectivity index is 2.47. The minimum Gasteiger partial charge on any atom is -0.256 e. The fraction of sp³-hybridized carbons (Fsp3) is 0.133. The van der Waals surface area contributed by atoms with Gasteiger partial charge in [0.1, 0.15) is 0 Å². The van der Waals surface area contributed by atoms with E-state index in [1.807, 2.05) is 0 Å². The zero-order valence-corrected chi connectivity index (χ0v) is 11.4. The molecule has 0 N–H and O–H groups in total. The second-order valence-electron chi connectivity index (χ2n) is 4.41. The Bertz CT molecular complexity index is 662. The first-order chi connectivity index (χ1) is 9.29. The van der Waals surface area contributed by atoms with E-state index in [1.54, 1.807) is 19.1 Å². The summed E-state index contributed by atoms with van der Waals surface area (Å²) in [6.45, 7) is 5.55. The topological polar surface area (TPSA) is 12.9 Å². The van der Waals surface area contributed by atoms with Crippen molar-refractivity contribution in [2.24, 2.45) is 0 Å². The molecule has 0 saturated heterocycles. The van der Waals surface area contributed by atoms with Crippen LogP contribution >= 0.6 is 11.6 Å². The Labute approximate surface area is 119 Å². The summed E-state index contributed by atoms with van der Waals surface area (Å²) in [5.74, 6) is 0. The van der Waals surface area contributed by atoms with Gasteiger partial charge in [0.15, 0.2) is 0 Å². The highest BCUT2D eigenvalue weighted by atomic mass is 35.5. The fourth-order valence-electron chi connectivity index (χ4n) is 1.76. The minimum atomic E-state index is -4.38. The molecule has 5 heteroatoms. The quantitative estimate of drug-likeness (QED) is 0.718. The van der Waals surface area contributed by atoms with E-state index >= 15 is 0 Å². The summed E-state index contributed by atoms with van der Waals surface area (Å²) in [5, 5.41) is 0.417. The van der Waals surface area contributed by atoms with Gasteiger partial charge in [0.25, 0.3) is 0 Å². The van der Waals surface area contributed by atoms with E-state index in [0.717, 1.165) is 17.7 Å². The van der Waals surface area contributed by atoms with Crippen molar-refractivity contribution in [1.29, 1.82) is 0 Å². The van der Waals surface area contributed by atoms with Gasteiger partial charge in [-0.15, -0.1) is 0 Å². The molecule has 0 unspecified atom stereocenters. The number of rotatable bonds is 2. The van der Waals surface area contributed by atoms with Crippen molar-refractivity contribution in [2.75, 3.05) is 0 Å². The number of alkyl halides is 3. The molecular formula is C15H11ClF3N. The minimum absolute atomic E-state index is 0.370. The van der Waals surface area contributed by atoms with Crippen LogP contribution in [-0.2, 0) is 6.18 Å². The molecule has 20 heavy (non-hydrogen) atoms. The average molecular weight is 298 g/mol. The van der Waals surface area contributed by atoms with Crippen LogP contribution in [0.15, 0.2) is 43.1 Å². The molecule has 1 heterocycles. The van der Waals surface area contributed by atoms with Gasteiger partial charge in [0.05, 0.1) is 16.3 Å². The fourth-order valence-corrected chi connectivity index (χ4v) is 2.07. The second kappa shape index (κ2) is 5.29. The lowest BCUT2D eigenvalue weighted by atomic mass is 10.1. The largest absolute Gasteiger partial charge is 0.416 e. The zero-order chi connectivity index (χ0) is 14.9. The second-order valence-corrected chi connectivity index (χ2v) is 4.82. The summed E-state index contributed by atoms with van der Waals surface area (Å²) in [6, 6.07) is 6.53. The van der Waals surface area contributed by atoms with Crippen molar-refractivity contribution >= 4 is 17.2 Å². The SMILES string of the molecule is C=C(C)c1cnc(-c2cccc(C(F)(F)F)c2)cc1Cl. The maximum absolute atomic E-state index is 12.7. The number of nitrogens with zero attached hydrogens (tertiary/aromatic N) is 1. The molecule has 104 valence electrons. The van der Waals surface area contributed by atoms with E-state index in [0.29, 0.717) is 21.8 Å². The predicted octanol–water partition coefficient (Wildman–Crippen LogP) is 5.45. The van der Waals surface area contributed by atoms with E-state index in [4.69, 9.17) is 11.6 Å². The molecule has 0 atom stereocenters. The monoisotopic (exact) mass is 297 g/mol. The van der Waals surface area contributed by atoms with Crippen molar-refractivity contribution in [3.05, 3.63) is 59.3 Å². The number of allylic oxidation sites excluding steroid dienone is 1. The molecule has 0 saturated carbocycles. The van der Waals surface area contributed by atoms with E-state index in [-0.39, 0.29) is 0 Å². The van der Waals surface area contributed by atoms with E-state index in [1.165, 1.54) is 12.3 Å². The van der Waals surface area contributed by atoms with Gasteiger partial charge in [-0.25, -0.2) is 0 Å². The molecule has 0 bridgehead atoms. The van der Waals surface area contributed by atoms with Crippen molar-refractivity contribution < 1.29 is 13.2 Å². The van der Waals surface area contributed by atoms with Gasteiger partial charge in [-0.05, 0) is 30.7 Å². The Morgan fingerprint density at radius 2 is 1.95 bits per heavy atom.